The predicted molar refractivity (Wildman–Crippen MR) is 45.0 cm³/mol. The number of para-hydroxylation sites is 1. The van der Waals surface area contributed by atoms with Crippen LogP contribution in [-0.4, -0.2) is 5.96 Å². The van der Waals surface area contributed by atoms with Gasteiger partial charge in [-0.3, -0.25) is 5.73 Å². The maximum Gasteiger partial charge on any atom is 0.360 e. The van der Waals surface area contributed by atoms with E-state index in [0.717, 1.165) is 5.69 Å². The van der Waals surface area contributed by atoms with Gasteiger partial charge >= 0.3 is 5.96 Å². The first-order chi connectivity index (χ1) is 5.83. The number of nitrogens with zero attached hydrogens (tertiary/aromatic N) is 1. The highest BCUT2D eigenvalue weighted by molar-refractivity contribution is 5.74. The molecule has 1 aromatic carbocycles. The van der Waals surface area contributed by atoms with Crippen molar-refractivity contribution in [3.63, 3.8) is 0 Å². The number of nitriles is 1. The van der Waals surface area contributed by atoms with Crippen LogP contribution >= 0.6 is 0 Å². The third-order valence-corrected chi connectivity index (χ3v) is 1.24. The molecule has 0 bridgehead atoms. The summed E-state index contributed by atoms with van der Waals surface area (Å²) < 4.78 is 0. The molecule has 0 unspecified atom stereocenters. The van der Waals surface area contributed by atoms with Gasteiger partial charge in [-0.1, -0.05) is 18.2 Å². The quantitative estimate of drug-likeness (QED) is 0.209. The molecule has 0 heterocycles. The van der Waals surface area contributed by atoms with Crippen molar-refractivity contribution in [2.45, 2.75) is 0 Å². The molecule has 4 N–H and O–H groups in total. The topological polar surface area (TPSA) is 75.8 Å². The average Bonchev–Trinajstić information content (AvgIpc) is 2.06. The van der Waals surface area contributed by atoms with E-state index in [4.69, 9.17) is 11.0 Å². The molecule has 0 aromatic heterocycles. The van der Waals surface area contributed by atoms with Crippen molar-refractivity contribution < 1.29 is 4.99 Å². The molecule has 4 nitrogen and oxygen atoms in total. The Morgan fingerprint density at radius 3 is 2.67 bits per heavy atom. The molecule has 12 heavy (non-hydrogen) atoms. The van der Waals surface area contributed by atoms with Gasteiger partial charge in [0.05, 0.1) is 5.69 Å². The molecule has 0 fully saturated rings. The van der Waals surface area contributed by atoms with Crippen molar-refractivity contribution in [3.05, 3.63) is 30.3 Å². The highest BCUT2D eigenvalue weighted by atomic mass is 15.1. The van der Waals surface area contributed by atoms with E-state index in [1.165, 1.54) is 0 Å². The van der Waals surface area contributed by atoms with E-state index in [1.807, 2.05) is 30.3 Å². The van der Waals surface area contributed by atoms with Crippen LogP contribution in [0.5, 0.6) is 0 Å². The first-order valence-corrected chi connectivity index (χ1v) is 3.42. The second-order valence-electron chi connectivity index (χ2n) is 2.14. The normalized spacial score (nSPS) is 10.4. The van der Waals surface area contributed by atoms with Crippen LogP contribution in [-0.2, 0) is 0 Å². The van der Waals surface area contributed by atoms with Gasteiger partial charge in [-0.05, 0) is 12.1 Å². The lowest BCUT2D eigenvalue weighted by Crippen LogP contribution is -2.72. The van der Waals surface area contributed by atoms with Crippen molar-refractivity contribution in [1.82, 2.24) is 5.32 Å². The minimum atomic E-state index is 0.226. The van der Waals surface area contributed by atoms with E-state index in [-0.39, 0.29) is 5.96 Å². The Morgan fingerprint density at radius 2 is 2.08 bits per heavy atom. The van der Waals surface area contributed by atoms with Crippen LogP contribution in [0, 0.1) is 11.5 Å². The highest BCUT2D eigenvalue weighted by Crippen LogP contribution is 1.94. The largest absolute Gasteiger partial charge is 0.360 e. The standard InChI is InChI=1S/C8H8N4/c9-6-11-8(10)12-7-4-2-1-3-5-7/h1-5H,(H3,10,11,12)/p+1. The molecule has 1 aromatic rings. The summed E-state index contributed by atoms with van der Waals surface area (Å²) in [6, 6.07) is 9.36. The number of nitrogens with two attached hydrogens (primary N) is 1. The van der Waals surface area contributed by atoms with Gasteiger partial charge in [-0.15, -0.1) is 0 Å². The SMILES string of the molecule is N#CNC(N)=[NH+]c1ccccc1. The van der Waals surface area contributed by atoms with E-state index < -0.39 is 0 Å². The summed E-state index contributed by atoms with van der Waals surface area (Å²) in [4.78, 5) is 2.80. The lowest BCUT2D eigenvalue weighted by molar-refractivity contribution is -0.357. The van der Waals surface area contributed by atoms with Crippen LogP contribution in [0.2, 0.25) is 0 Å². The fraction of sp³-hybridized carbons (Fsp3) is 0. The fourth-order valence-electron chi connectivity index (χ4n) is 0.768. The maximum absolute atomic E-state index is 8.21. The van der Waals surface area contributed by atoms with E-state index >= 15 is 0 Å². The zero-order chi connectivity index (χ0) is 8.81. The summed E-state index contributed by atoms with van der Waals surface area (Å²) in [5.74, 6) is 0.226. The number of rotatable bonds is 1. The van der Waals surface area contributed by atoms with Crippen LogP contribution in [0.3, 0.4) is 0 Å². The molecule has 60 valence electrons. The minimum Gasteiger partial charge on any atom is -0.290 e. The first kappa shape index (κ1) is 8.08. The summed E-state index contributed by atoms with van der Waals surface area (Å²) in [5.41, 5.74) is 6.23. The molecular formula is C8H9N4+. The maximum atomic E-state index is 8.21. The van der Waals surface area contributed by atoms with Crippen molar-refractivity contribution in [2.24, 2.45) is 5.73 Å². The number of hydrogen-bond donors (Lipinski definition) is 3. The average molecular weight is 161 g/mol. The zero-order valence-electron chi connectivity index (χ0n) is 6.41. The Hall–Kier alpha value is -2.02. The Labute approximate surface area is 70.3 Å². The highest BCUT2D eigenvalue weighted by Gasteiger charge is 1.95. The lowest BCUT2D eigenvalue weighted by Gasteiger charge is -1.90. The first-order valence-electron chi connectivity index (χ1n) is 3.42. The van der Waals surface area contributed by atoms with Crippen LogP contribution in [0.25, 0.3) is 0 Å². The number of hydrogen-bond acceptors (Lipinski definition) is 1. The molecule has 0 radical (unpaired) electrons. The van der Waals surface area contributed by atoms with Gasteiger partial charge in [0.25, 0.3) is 6.19 Å². The molecule has 0 aliphatic rings. The minimum absolute atomic E-state index is 0.226. The molecule has 0 saturated heterocycles. The van der Waals surface area contributed by atoms with Crippen LogP contribution < -0.4 is 16.0 Å². The van der Waals surface area contributed by atoms with Crippen molar-refractivity contribution >= 4 is 11.6 Å². The Bertz CT molecular complexity index is 310. The molecule has 0 amide bonds. The molecule has 0 atom stereocenters. The van der Waals surface area contributed by atoms with Gasteiger partial charge in [-0.2, -0.15) is 10.6 Å². The molecule has 1 rings (SSSR count). The third-order valence-electron chi connectivity index (χ3n) is 1.24. The van der Waals surface area contributed by atoms with Gasteiger partial charge in [0.1, 0.15) is 0 Å². The zero-order valence-corrected chi connectivity index (χ0v) is 6.41. The van der Waals surface area contributed by atoms with Gasteiger partial charge in [0.2, 0.25) is 0 Å². The second kappa shape index (κ2) is 3.98. The summed E-state index contributed by atoms with van der Waals surface area (Å²) in [7, 11) is 0. The van der Waals surface area contributed by atoms with Crippen molar-refractivity contribution in [2.75, 3.05) is 0 Å². The number of benzene rings is 1. The third kappa shape index (κ3) is 2.31. The Kier molecular flexibility index (Phi) is 2.68. The molecule has 0 aliphatic carbocycles. The predicted octanol–water partition coefficient (Wildman–Crippen LogP) is -1.22. The molecule has 0 aliphatic heterocycles. The second-order valence-corrected chi connectivity index (χ2v) is 2.14. The molecule has 0 spiro atoms. The molecule has 0 saturated carbocycles. The summed E-state index contributed by atoms with van der Waals surface area (Å²) in [6.07, 6.45) is 1.71. The smallest absolute Gasteiger partial charge is 0.290 e. The van der Waals surface area contributed by atoms with E-state index in [0.29, 0.717) is 0 Å². The van der Waals surface area contributed by atoms with E-state index in [1.54, 1.807) is 6.19 Å². The fourth-order valence-corrected chi connectivity index (χ4v) is 0.768. The number of guanidine groups is 1. The van der Waals surface area contributed by atoms with Crippen molar-refractivity contribution in [3.8, 4) is 6.19 Å². The van der Waals surface area contributed by atoms with Gasteiger partial charge in [0.15, 0.2) is 0 Å². The molecular weight excluding hydrogens is 152 g/mol. The Balaban J connectivity index is 2.76. The van der Waals surface area contributed by atoms with E-state index in [9.17, 15) is 0 Å². The summed E-state index contributed by atoms with van der Waals surface area (Å²) in [6.45, 7) is 0. The van der Waals surface area contributed by atoms with Crippen LogP contribution in [0.4, 0.5) is 5.69 Å². The van der Waals surface area contributed by atoms with Gasteiger partial charge in [0, 0.05) is 0 Å². The van der Waals surface area contributed by atoms with Gasteiger partial charge in [-0.25, -0.2) is 4.99 Å². The monoisotopic (exact) mass is 161 g/mol. The molecule has 4 heteroatoms. The van der Waals surface area contributed by atoms with Crippen molar-refractivity contribution in [1.29, 1.82) is 5.26 Å². The summed E-state index contributed by atoms with van der Waals surface area (Å²) in [5, 5.41) is 10.5. The van der Waals surface area contributed by atoms with Crippen LogP contribution in [0.1, 0.15) is 0 Å². The number of nitrogens with one attached hydrogen (secondary N) is 2. The Morgan fingerprint density at radius 1 is 1.42 bits per heavy atom. The van der Waals surface area contributed by atoms with Crippen LogP contribution in [0.15, 0.2) is 30.3 Å². The lowest BCUT2D eigenvalue weighted by atomic mass is 10.3. The van der Waals surface area contributed by atoms with Gasteiger partial charge < -0.3 is 0 Å². The summed E-state index contributed by atoms with van der Waals surface area (Å²) >= 11 is 0. The van der Waals surface area contributed by atoms with E-state index in [2.05, 4.69) is 10.3 Å².